The Labute approximate surface area is 109 Å². The number of likely N-dealkylation sites (tertiary alicyclic amines) is 1. The Morgan fingerprint density at radius 1 is 1.29 bits per heavy atom. The summed E-state index contributed by atoms with van der Waals surface area (Å²) in [5.41, 5.74) is 0. The number of thiophene rings is 1. The van der Waals surface area contributed by atoms with E-state index in [4.69, 9.17) is 0 Å². The van der Waals surface area contributed by atoms with Gasteiger partial charge in [-0.25, -0.2) is 0 Å². The Kier molecular flexibility index (Phi) is 5.01. The Balaban J connectivity index is 1.86. The van der Waals surface area contributed by atoms with Crippen molar-refractivity contribution in [3.63, 3.8) is 0 Å². The predicted molar refractivity (Wildman–Crippen MR) is 75.4 cm³/mol. The fourth-order valence-corrected chi connectivity index (χ4v) is 3.55. The van der Waals surface area contributed by atoms with Crippen molar-refractivity contribution in [3.8, 4) is 0 Å². The van der Waals surface area contributed by atoms with E-state index in [9.17, 15) is 0 Å². The summed E-state index contributed by atoms with van der Waals surface area (Å²) < 4.78 is 0. The van der Waals surface area contributed by atoms with Crippen molar-refractivity contribution in [1.29, 1.82) is 0 Å². The largest absolute Gasteiger partial charge is 0.315 e. The molecule has 1 aliphatic rings. The zero-order valence-corrected chi connectivity index (χ0v) is 11.9. The van der Waals surface area contributed by atoms with Crippen molar-refractivity contribution in [1.82, 2.24) is 10.2 Å². The van der Waals surface area contributed by atoms with E-state index in [-0.39, 0.29) is 0 Å². The molecule has 17 heavy (non-hydrogen) atoms. The maximum Gasteiger partial charge on any atom is 0.0328 e. The van der Waals surface area contributed by atoms with Gasteiger partial charge < -0.3 is 5.32 Å². The first kappa shape index (κ1) is 13.1. The molecular weight excluding hydrogens is 228 g/mol. The Morgan fingerprint density at radius 3 is 2.94 bits per heavy atom. The van der Waals surface area contributed by atoms with Crippen molar-refractivity contribution in [2.45, 2.75) is 39.3 Å². The Bertz CT molecular complexity index is 335. The second-order valence-electron chi connectivity index (χ2n) is 5.21. The summed E-state index contributed by atoms with van der Waals surface area (Å²) in [6.07, 6.45) is 4.15. The quantitative estimate of drug-likeness (QED) is 0.886. The summed E-state index contributed by atoms with van der Waals surface area (Å²) in [5, 5.41) is 3.21. The lowest BCUT2D eigenvalue weighted by Gasteiger charge is -2.18. The van der Waals surface area contributed by atoms with Crippen LogP contribution in [0, 0.1) is 5.92 Å². The van der Waals surface area contributed by atoms with E-state index in [1.165, 1.54) is 42.1 Å². The topological polar surface area (TPSA) is 15.3 Å². The van der Waals surface area contributed by atoms with Gasteiger partial charge in [0, 0.05) is 22.8 Å². The minimum Gasteiger partial charge on any atom is -0.315 e. The van der Waals surface area contributed by atoms with E-state index < -0.39 is 0 Å². The standard InChI is InChI=1S/C14H24N2S/c1-12-4-3-8-16(9-7-12)11-14-6-5-13(17-14)10-15-2/h5-6,12,15H,3-4,7-11H2,1-2H3. The van der Waals surface area contributed by atoms with Gasteiger partial charge in [0.2, 0.25) is 0 Å². The van der Waals surface area contributed by atoms with Gasteiger partial charge in [0.15, 0.2) is 0 Å². The van der Waals surface area contributed by atoms with E-state index in [1.54, 1.807) is 0 Å². The first-order valence-electron chi connectivity index (χ1n) is 6.72. The normalized spacial score (nSPS) is 22.6. The molecule has 1 saturated heterocycles. The summed E-state index contributed by atoms with van der Waals surface area (Å²) in [7, 11) is 2.01. The monoisotopic (exact) mass is 252 g/mol. The number of nitrogens with zero attached hydrogens (tertiary/aromatic N) is 1. The summed E-state index contributed by atoms with van der Waals surface area (Å²) in [4.78, 5) is 5.59. The van der Waals surface area contributed by atoms with Crippen LogP contribution in [0.25, 0.3) is 0 Å². The molecular formula is C14H24N2S. The van der Waals surface area contributed by atoms with Gasteiger partial charge in [-0.1, -0.05) is 6.92 Å². The number of rotatable bonds is 4. The molecule has 2 heterocycles. The van der Waals surface area contributed by atoms with Gasteiger partial charge in [0.25, 0.3) is 0 Å². The van der Waals surface area contributed by atoms with Crippen molar-refractivity contribution in [2.24, 2.45) is 5.92 Å². The van der Waals surface area contributed by atoms with E-state index in [0.29, 0.717) is 0 Å². The van der Waals surface area contributed by atoms with Crippen LogP contribution >= 0.6 is 11.3 Å². The lowest BCUT2D eigenvalue weighted by molar-refractivity contribution is 0.276. The highest BCUT2D eigenvalue weighted by atomic mass is 32.1. The third-order valence-corrected chi connectivity index (χ3v) is 4.63. The molecule has 0 bridgehead atoms. The van der Waals surface area contributed by atoms with E-state index in [0.717, 1.165) is 19.0 Å². The summed E-state index contributed by atoms with van der Waals surface area (Å²) in [5.74, 6) is 0.920. The van der Waals surface area contributed by atoms with Crippen LogP contribution in [0.3, 0.4) is 0 Å². The smallest absolute Gasteiger partial charge is 0.0328 e. The van der Waals surface area contributed by atoms with Gasteiger partial charge >= 0.3 is 0 Å². The van der Waals surface area contributed by atoms with Gasteiger partial charge in [0.1, 0.15) is 0 Å². The zero-order valence-electron chi connectivity index (χ0n) is 11.0. The van der Waals surface area contributed by atoms with Gasteiger partial charge in [-0.05, 0) is 57.5 Å². The van der Waals surface area contributed by atoms with Crippen molar-refractivity contribution in [3.05, 3.63) is 21.9 Å². The second-order valence-corrected chi connectivity index (χ2v) is 6.46. The minimum atomic E-state index is 0.920. The first-order chi connectivity index (χ1) is 8.28. The molecule has 0 saturated carbocycles. The lowest BCUT2D eigenvalue weighted by atomic mass is 10.0. The molecule has 1 atom stereocenters. The lowest BCUT2D eigenvalue weighted by Crippen LogP contribution is -2.23. The number of hydrogen-bond donors (Lipinski definition) is 1. The molecule has 3 heteroatoms. The fourth-order valence-electron chi connectivity index (χ4n) is 2.48. The van der Waals surface area contributed by atoms with E-state index >= 15 is 0 Å². The van der Waals surface area contributed by atoms with Crippen LogP contribution in [0.1, 0.15) is 35.9 Å². The molecule has 1 aromatic rings. The molecule has 1 N–H and O–H groups in total. The highest BCUT2D eigenvalue weighted by Gasteiger charge is 2.14. The van der Waals surface area contributed by atoms with E-state index in [1.807, 2.05) is 18.4 Å². The molecule has 0 aliphatic carbocycles. The molecule has 0 amide bonds. The molecule has 2 nitrogen and oxygen atoms in total. The van der Waals surface area contributed by atoms with Gasteiger partial charge in [-0.2, -0.15) is 0 Å². The molecule has 0 radical (unpaired) electrons. The molecule has 0 aromatic carbocycles. The van der Waals surface area contributed by atoms with Crippen molar-refractivity contribution < 1.29 is 0 Å². The van der Waals surface area contributed by atoms with Crippen molar-refractivity contribution >= 4 is 11.3 Å². The third-order valence-electron chi connectivity index (χ3n) is 3.56. The predicted octanol–water partition coefficient (Wildman–Crippen LogP) is 3.09. The SMILES string of the molecule is CNCc1ccc(CN2CCCC(C)CC2)s1. The van der Waals surface area contributed by atoms with Gasteiger partial charge in [-0.3, -0.25) is 4.90 Å². The fraction of sp³-hybridized carbons (Fsp3) is 0.714. The maximum atomic E-state index is 3.21. The van der Waals surface area contributed by atoms with Crippen LogP contribution in [0.2, 0.25) is 0 Å². The molecule has 1 aromatic heterocycles. The Hall–Kier alpha value is -0.380. The zero-order chi connectivity index (χ0) is 12.1. The van der Waals surface area contributed by atoms with Crippen LogP contribution in [-0.4, -0.2) is 25.0 Å². The minimum absolute atomic E-state index is 0.920. The first-order valence-corrected chi connectivity index (χ1v) is 7.54. The molecule has 1 aliphatic heterocycles. The van der Waals surface area contributed by atoms with Crippen molar-refractivity contribution in [2.75, 3.05) is 20.1 Å². The highest BCUT2D eigenvalue weighted by molar-refractivity contribution is 7.11. The maximum absolute atomic E-state index is 3.21. The molecule has 1 unspecified atom stereocenters. The Morgan fingerprint density at radius 2 is 2.12 bits per heavy atom. The van der Waals surface area contributed by atoms with Gasteiger partial charge in [-0.15, -0.1) is 11.3 Å². The molecule has 2 rings (SSSR count). The summed E-state index contributed by atoms with van der Waals surface area (Å²) in [6.45, 7) is 7.10. The summed E-state index contributed by atoms with van der Waals surface area (Å²) in [6, 6.07) is 4.56. The van der Waals surface area contributed by atoms with Crippen LogP contribution in [0.4, 0.5) is 0 Å². The molecule has 96 valence electrons. The van der Waals surface area contributed by atoms with Crippen LogP contribution < -0.4 is 5.32 Å². The third kappa shape index (κ3) is 4.09. The average molecular weight is 252 g/mol. The molecule has 0 spiro atoms. The number of hydrogen-bond acceptors (Lipinski definition) is 3. The van der Waals surface area contributed by atoms with Gasteiger partial charge in [0.05, 0.1) is 0 Å². The van der Waals surface area contributed by atoms with E-state index in [2.05, 4.69) is 29.3 Å². The van der Waals surface area contributed by atoms with Crippen LogP contribution in [0.5, 0.6) is 0 Å². The highest BCUT2D eigenvalue weighted by Crippen LogP contribution is 2.22. The van der Waals surface area contributed by atoms with Crippen LogP contribution in [0.15, 0.2) is 12.1 Å². The average Bonchev–Trinajstić information content (AvgIpc) is 2.63. The number of nitrogens with one attached hydrogen (secondary N) is 1. The summed E-state index contributed by atoms with van der Waals surface area (Å²) >= 11 is 1.95. The second kappa shape index (κ2) is 6.53. The van der Waals surface area contributed by atoms with Crippen LogP contribution in [-0.2, 0) is 13.1 Å². The molecule has 1 fully saturated rings.